The van der Waals surface area contributed by atoms with Gasteiger partial charge in [0.15, 0.2) is 0 Å². The quantitative estimate of drug-likeness (QED) is 0.336. The Labute approximate surface area is 242 Å². The van der Waals surface area contributed by atoms with Crippen LogP contribution in [0.25, 0.3) is 0 Å². The van der Waals surface area contributed by atoms with Crippen LogP contribution in [0.3, 0.4) is 0 Å². The van der Waals surface area contributed by atoms with Crippen molar-refractivity contribution in [2.75, 3.05) is 31.1 Å². The van der Waals surface area contributed by atoms with Crippen LogP contribution in [0.15, 0.2) is 82.4 Å². The zero-order chi connectivity index (χ0) is 29.1. The number of hydrogen-bond acceptors (Lipinski definition) is 5. The highest BCUT2D eigenvalue weighted by Gasteiger charge is 2.26. The van der Waals surface area contributed by atoms with E-state index in [0.29, 0.717) is 42.6 Å². The normalized spacial score (nSPS) is 14.8. The van der Waals surface area contributed by atoms with Gasteiger partial charge in [0.1, 0.15) is 17.3 Å². The molecule has 0 spiro atoms. The molecule has 5 rings (SSSR count). The summed E-state index contributed by atoms with van der Waals surface area (Å²) >= 11 is 6.02. The lowest BCUT2D eigenvalue weighted by atomic mass is 10.1. The predicted octanol–water partition coefficient (Wildman–Crippen LogP) is 4.32. The van der Waals surface area contributed by atoms with Crippen molar-refractivity contribution in [3.05, 3.63) is 133 Å². The van der Waals surface area contributed by atoms with Gasteiger partial charge in [-0.3, -0.25) is 18.8 Å². The molecule has 0 radical (unpaired) electrons. The second-order valence-electron chi connectivity index (χ2n) is 10.3. The van der Waals surface area contributed by atoms with E-state index < -0.39 is 28.9 Å². The van der Waals surface area contributed by atoms with Gasteiger partial charge < -0.3 is 10.6 Å². The van der Waals surface area contributed by atoms with Crippen molar-refractivity contribution in [1.82, 2.24) is 14.0 Å². The van der Waals surface area contributed by atoms with Gasteiger partial charge in [-0.2, -0.15) is 0 Å². The first-order valence-corrected chi connectivity index (χ1v) is 13.9. The highest BCUT2D eigenvalue weighted by atomic mass is 35.5. The smallest absolute Gasteiger partial charge is 0.331 e. The van der Waals surface area contributed by atoms with Gasteiger partial charge >= 0.3 is 5.69 Å². The van der Waals surface area contributed by atoms with E-state index in [4.69, 9.17) is 17.3 Å². The molecule has 0 unspecified atom stereocenters. The third-order valence-electron chi connectivity index (χ3n) is 7.65. The third kappa shape index (κ3) is 6.27. The van der Waals surface area contributed by atoms with Crippen LogP contribution in [0.4, 0.5) is 14.5 Å². The molecule has 41 heavy (non-hydrogen) atoms. The highest BCUT2D eigenvalue weighted by Crippen LogP contribution is 2.21. The van der Waals surface area contributed by atoms with Crippen molar-refractivity contribution < 1.29 is 8.78 Å². The topological polar surface area (TPSA) is 76.5 Å². The van der Waals surface area contributed by atoms with E-state index in [9.17, 15) is 18.4 Å². The molecule has 0 saturated carbocycles. The number of benzene rings is 3. The molecular formula is C31H32ClF2N5O2. The van der Waals surface area contributed by atoms with Crippen LogP contribution in [0.2, 0.25) is 5.02 Å². The molecule has 214 valence electrons. The van der Waals surface area contributed by atoms with E-state index in [1.54, 1.807) is 6.92 Å². The molecule has 1 fully saturated rings. The number of piperazine rings is 1. The van der Waals surface area contributed by atoms with Crippen molar-refractivity contribution in [2.45, 2.75) is 32.6 Å². The fraction of sp³-hybridized carbons (Fsp3) is 0.290. The Morgan fingerprint density at radius 2 is 1.46 bits per heavy atom. The Kier molecular flexibility index (Phi) is 8.68. The molecule has 0 bridgehead atoms. The lowest BCUT2D eigenvalue weighted by Crippen LogP contribution is -2.51. The summed E-state index contributed by atoms with van der Waals surface area (Å²) in [4.78, 5) is 31.8. The predicted molar refractivity (Wildman–Crippen MR) is 157 cm³/mol. The first-order valence-electron chi connectivity index (χ1n) is 13.5. The zero-order valence-electron chi connectivity index (χ0n) is 22.8. The molecule has 10 heteroatoms. The monoisotopic (exact) mass is 579 g/mol. The SMILES string of the molecule is Cc1c(N2CCN(Cc3ccc(Cl)cc3)CC2)c(=O)n(C[C@H](N)c2ccccc2)c(=O)n1Cc1c(F)cccc1F. The van der Waals surface area contributed by atoms with Gasteiger partial charge in [-0.25, -0.2) is 13.6 Å². The lowest BCUT2D eigenvalue weighted by molar-refractivity contribution is 0.249. The summed E-state index contributed by atoms with van der Waals surface area (Å²) in [7, 11) is 0. The molecule has 7 nitrogen and oxygen atoms in total. The summed E-state index contributed by atoms with van der Waals surface area (Å²) in [6.45, 7) is 4.42. The first kappa shape index (κ1) is 28.7. The molecule has 0 amide bonds. The van der Waals surface area contributed by atoms with E-state index in [-0.39, 0.29) is 18.7 Å². The Bertz CT molecular complexity index is 1610. The number of aromatic nitrogens is 2. The largest absolute Gasteiger partial charge is 0.363 e. The number of anilines is 1. The van der Waals surface area contributed by atoms with Crippen molar-refractivity contribution >= 4 is 17.3 Å². The maximum atomic E-state index is 14.6. The zero-order valence-corrected chi connectivity index (χ0v) is 23.5. The Hall–Kier alpha value is -3.79. The minimum absolute atomic E-state index is 0.0781. The molecule has 1 saturated heterocycles. The van der Waals surface area contributed by atoms with Gasteiger partial charge in [0.2, 0.25) is 0 Å². The van der Waals surface area contributed by atoms with Gasteiger partial charge in [-0.05, 0) is 42.3 Å². The van der Waals surface area contributed by atoms with Crippen molar-refractivity contribution in [1.29, 1.82) is 0 Å². The van der Waals surface area contributed by atoms with Gasteiger partial charge in [0.25, 0.3) is 5.56 Å². The number of rotatable bonds is 8. The van der Waals surface area contributed by atoms with Crippen molar-refractivity contribution in [2.24, 2.45) is 5.73 Å². The van der Waals surface area contributed by atoms with Crippen LogP contribution >= 0.6 is 11.6 Å². The average molecular weight is 580 g/mol. The second kappa shape index (κ2) is 12.4. The number of halogens is 3. The fourth-order valence-electron chi connectivity index (χ4n) is 5.32. The van der Waals surface area contributed by atoms with Crippen LogP contribution in [-0.4, -0.2) is 40.2 Å². The van der Waals surface area contributed by atoms with Gasteiger partial charge in [0.05, 0.1) is 13.1 Å². The van der Waals surface area contributed by atoms with Crippen LogP contribution in [0, 0.1) is 18.6 Å². The minimum Gasteiger partial charge on any atom is -0.363 e. The maximum Gasteiger partial charge on any atom is 0.331 e. The summed E-state index contributed by atoms with van der Waals surface area (Å²) in [5, 5.41) is 0.683. The molecule has 1 atom stereocenters. The molecule has 2 N–H and O–H groups in total. The van der Waals surface area contributed by atoms with Crippen molar-refractivity contribution in [3.63, 3.8) is 0 Å². The summed E-state index contributed by atoms with van der Waals surface area (Å²) in [6, 6.07) is 19.8. The van der Waals surface area contributed by atoms with E-state index in [2.05, 4.69) is 4.90 Å². The molecule has 3 aromatic carbocycles. The third-order valence-corrected chi connectivity index (χ3v) is 7.90. The van der Waals surface area contributed by atoms with Crippen LogP contribution in [0.5, 0.6) is 0 Å². The molecule has 1 aromatic heterocycles. The highest BCUT2D eigenvalue weighted by molar-refractivity contribution is 6.30. The second-order valence-corrected chi connectivity index (χ2v) is 10.8. The molecule has 0 aliphatic carbocycles. The van der Waals surface area contributed by atoms with E-state index in [1.807, 2.05) is 59.5 Å². The minimum atomic E-state index is -0.757. The summed E-state index contributed by atoms with van der Waals surface area (Å²) in [5.74, 6) is -1.51. The molecule has 2 heterocycles. The Morgan fingerprint density at radius 1 is 0.829 bits per heavy atom. The number of nitrogens with two attached hydrogens (primary N) is 1. The molecule has 4 aromatic rings. The van der Waals surface area contributed by atoms with Gasteiger partial charge in [-0.1, -0.05) is 60.1 Å². The average Bonchev–Trinajstić information content (AvgIpc) is 2.97. The van der Waals surface area contributed by atoms with Gasteiger partial charge in [0, 0.05) is 55.0 Å². The standard InChI is InChI=1S/C31H32ClF2N5O2/c1-21-29(37-16-14-36(15-17-37)18-22-10-12-24(32)13-11-22)30(40)39(20-28(35)23-6-3-2-4-7-23)31(41)38(21)19-25-26(33)8-5-9-27(25)34/h2-13,28H,14-20,35H2,1H3/t28-/m0/s1. The van der Waals surface area contributed by atoms with E-state index in [1.165, 1.54) is 10.6 Å². The lowest BCUT2D eigenvalue weighted by Gasteiger charge is -2.37. The Balaban J connectivity index is 1.49. The molecule has 1 aliphatic heterocycles. The van der Waals surface area contributed by atoms with Crippen LogP contribution < -0.4 is 21.9 Å². The maximum absolute atomic E-state index is 14.6. The van der Waals surface area contributed by atoms with E-state index in [0.717, 1.165) is 34.4 Å². The summed E-state index contributed by atoms with van der Waals surface area (Å²) < 4.78 is 31.7. The van der Waals surface area contributed by atoms with E-state index >= 15 is 0 Å². The number of nitrogens with zero attached hydrogens (tertiary/aromatic N) is 4. The molecular weight excluding hydrogens is 548 g/mol. The molecule has 1 aliphatic rings. The summed E-state index contributed by atoms with van der Waals surface area (Å²) in [6.07, 6.45) is 0. The van der Waals surface area contributed by atoms with Crippen LogP contribution in [0.1, 0.15) is 28.4 Å². The van der Waals surface area contributed by atoms with Crippen LogP contribution in [-0.2, 0) is 19.6 Å². The first-order chi connectivity index (χ1) is 19.7. The van der Waals surface area contributed by atoms with Crippen molar-refractivity contribution in [3.8, 4) is 0 Å². The fourth-order valence-corrected chi connectivity index (χ4v) is 5.45. The Morgan fingerprint density at radius 3 is 2.10 bits per heavy atom. The van der Waals surface area contributed by atoms with Gasteiger partial charge in [-0.15, -0.1) is 0 Å². The number of hydrogen-bond donors (Lipinski definition) is 1. The summed E-state index contributed by atoms with van der Waals surface area (Å²) in [5.41, 5.74) is 7.66.